The molecule has 0 spiro atoms. The number of hydrogen-bond acceptors (Lipinski definition) is 8. The Kier molecular flexibility index (Phi) is 6.26. The van der Waals surface area contributed by atoms with Crippen LogP contribution in [-0.2, 0) is 4.74 Å². The summed E-state index contributed by atoms with van der Waals surface area (Å²) >= 11 is 0. The smallest absolute Gasteiger partial charge is 0.272 e. The summed E-state index contributed by atoms with van der Waals surface area (Å²) in [6.45, 7) is 4.02. The highest BCUT2D eigenvalue weighted by Crippen LogP contribution is 2.13. The van der Waals surface area contributed by atoms with Crippen LogP contribution in [0.15, 0.2) is 30.9 Å². The third kappa shape index (κ3) is 4.63. The van der Waals surface area contributed by atoms with E-state index >= 15 is 0 Å². The molecule has 3 heterocycles. The zero-order valence-corrected chi connectivity index (χ0v) is 14.8. The average molecular weight is 357 g/mol. The molecule has 1 fully saturated rings. The summed E-state index contributed by atoms with van der Waals surface area (Å²) in [6.07, 6.45) is 5.73. The number of anilines is 2. The Bertz CT molecular complexity index is 705. The lowest BCUT2D eigenvalue weighted by Gasteiger charge is -2.34. The van der Waals surface area contributed by atoms with Gasteiger partial charge in [0.05, 0.1) is 0 Å². The maximum atomic E-state index is 12.7. The molecule has 0 radical (unpaired) electrons. The molecular weight excluding hydrogens is 334 g/mol. The van der Waals surface area contributed by atoms with E-state index in [0.29, 0.717) is 50.2 Å². The van der Waals surface area contributed by atoms with Crippen LogP contribution in [-0.4, -0.2) is 77.2 Å². The molecule has 1 aliphatic rings. The minimum Gasteiger partial charge on any atom is -0.385 e. The second kappa shape index (κ2) is 9.04. The lowest BCUT2D eigenvalue weighted by Crippen LogP contribution is -2.49. The number of nitrogens with zero attached hydrogens (tertiary/aromatic N) is 6. The molecule has 3 rings (SSSR count). The van der Waals surface area contributed by atoms with Gasteiger partial charge in [0.2, 0.25) is 5.95 Å². The molecule has 1 aliphatic heterocycles. The number of hydrogen-bond donors (Lipinski definition) is 1. The van der Waals surface area contributed by atoms with E-state index in [0.717, 1.165) is 13.0 Å². The average Bonchev–Trinajstić information content (AvgIpc) is 2.72. The van der Waals surface area contributed by atoms with Crippen LogP contribution in [0.3, 0.4) is 0 Å². The molecule has 1 amide bonds. The lowest BCUT2D eigenvalue weighted by molar-refractivity contribution is 0.0740. The molecule has 0 aromatic carbocycles. The first-order valence-corrected chi connectivity index (χ1v) is 8.64. The summed E-state index contributed by atoms with van der Waals surface area (Å²) in [5, 5.41) is 3.18. The quantitative estimate of drug-likeness (QED) is 0.723. The molecule has 0 saturated carbocycles. The van der Waals surface area contributed by atoms with E-state index in [1.807, 2.05) is 0 Å². The van der Waals surface area contributed by atoms with Gasteiger partial charge >= 0.3 is 0 Å². The fraction of sp³-hybridized carbons (Fsp3) is 0.471. The Labute approximate surface area is 152 Å². The van der Waals surface area contributed by atoms with Crippen LogP contribution < -0.4 is 10.2 Å². The first-order chi connectivity index (χ1) is 12.8. The van der Waals surface area contributed by atoms with Gasteiger partial charge in [-0.1, -0.05) is 0 Å². The van der Waals surface area contributed by atoms with Crippen LogP contribution in [0.25, 0.3) is 0 Å². The SMILES string of the molecule is COCCCNc1cc(C(=O)N2CCN(c3ncccn3)CC2)ncn1. The Balaban J connectivity index is 1.55. The van der Waals surface area contributed by atoms with E-state index in [4.69, 9.17) is 4.74 Å². The van der Waals surface area contributed by atoms with Crippen molar-refractivity contribution in [3.8, 4) is 0 Å². The number of rotatable bonds is 7. The number of methoxy groups -OCH3 is 1. The molecule has 9 nitrogen and oxygen atoms in total. The normalized spacial score (nSPS) is 14.3. The molecule has 0 atom stereocenters. The highest BCUT2D eigenvalue weighted by atomic mass is 16.5. The van der Waals surface area contributed by atoms with Gasteiger partial charge in [0, 0.05) is 64.9 Å². The highest BCUT2D eigenvalue weighted by molar-refractivity contribution is 5.93. The number of amides is 1. The maximum Gasteiger partial charge on any atom is 0.272 e. The molecule has 2 aromatic heterocycles. The summed E-state index contributed by atoms with van der Waals surface area (Å²) in [7, 11) is 1.67. The molecule has 0 unspecified atom stereocenters. The van der Waals surface area contributed by atoms with E-state index in [2.05, 4.69) is 30.2 Å². The van der Waals surface area contributed by atoms with Crippen molar-refractivity contribution in [2.75, 3.05) is 56.7 Å². The fourth-order valence-corrected chi connectivity index (χ4v) is 2.73. The van der Waals surface area contributed by atoms with E-state index in [1.165, 1.54) is 6.33 Å². The van der Waals surface area contributed by atoms with Crippen LogP contribution in [0.1, 0.15) is 16.9 Å². The Hall–Kier alpha value is -2.81. The molecule has 0 aliphatic carbocycles. The van der Waals surface area contributed by atoms with Crippen LogP contribution in [0.5, 0.6) is 0 Å². The van der Waals surface area contributed by atoms with Gasteiger partial charge in [-0.05, 0) is 12.5 Å². The summed E-state index contributed by atoms with van der Waals surface area (Å²) in [5.41, 5.74) is 0.402. The summed E-state index contributed by atoms with van der Waals surface area (Å²) in [4.78, 5) is 33.4. The summed E-state index contributed by atoms with van der Waals surface area (Å²) in [6, 6.07) is 3.49. The monoisotopic (exact) mass is 357 g/mol. The standard InChI is InChI=1S/C17H23N7O2/c1-26-11-3-6-18-15-12-14(21-13-22-15)16(25)23-7-9-24(10-8-23)17-19-4-2-5-20-17/h2,4-5,12-13H,3,6-11H2,1H3,(H,18,21,22). The van der Waals surface area contributed by atoms with Gasteiger partial charge in [-0.2, -0.15) is 0 Å². The van der Waals surface area contributed by atoms with Crippen LogP contribution >= 0.6 is 0 Å². The molecule has 26 heavy (non-hydrogen) atoms. The Morgan fingerprint density at radius 1 is 1.15 bits per heavy atom. The zero-order valence-electron chi connectivity index (χ0n) is 14.8. The third-order valence-electron chi connectivity index (χ3n) is 4.12. The summed E-state index contributed by atoms with van der Waals surface area (Å²) in [5.74, 6) is 1.26. The minimum absolute atomic E-state index is 0.0824. The number of ether oxygens (including phenoxy) is 1. The minimum atomic E-state index is -0.0824. The molecule has 2 aromatic rings. The molecular formula is C17H23N7O2. The number of piperazine rings is 1. The van der Waals surface area contributed by atoms with Gasteiger partial charge in [-0.25, -0.2) is 19.9 Å². The third-order valence-corrected chi connectivity index (χ3v) is 4.12. The van der Waals surface area contributed by atoms with Crippen molar-refractivity contribution < 1.29 is 9.53 Å². The van der Waals surface area contributed by atoms with Crippen molar-refractivity contribution in [2.24, 2.45) is 0 Å². The maximum absolute atomic E-state index is 12.7. The van der Waals surface area contributed by atoms with Crippen molar-refractivity contribution in [3.05, 3.63) is 36.5 Å². The lowest BCUT2D eigenvalue weighted by atomic mass is 10.2. The molecule has 1 saturated heterocycles. The van der Waals surface area contributed by atoms with Gasteiger partial charge in [0.1, 0.15) is 17.8 Å². The summed E-state index contributed by atoms with van der Waals surface area (Å²) < 4.78 is 5.02. The number of nitrogens with one attached hydrogen (secondary N) is 1. The predicted octanol–water partition coefficient (Wildman–Crippen LogP) is 0.677. The van der Waals surface area contributed by atoms with Crippen LogP contribution in [0.2, 0.25) is 0 Å². The van der Waals surface area contributed by atoms with Gasteiger partial charge in [0.15, 0.2) is 0 Å². The number of carbonyl (C=O) groups excluding carboxylic acids is 1. The molecule has 9 heteroatoms. The van der Waals surface area contributed by atoms with Crippen LogP contribution in [0, 0.1) is 0 Å². The van der Waals surface area contributed by atoms with Crippen molar-refractivity contribution in [1.82, 2.24) is 24.8 Å². The molecule has 138 valence electrons. The largest absolute Gasteiger partial charge is 0.385 e. The van der Waals surface area contributed by atoms with Crippen molar-refractivity contribution in [1.29, 1.82) is 0 Å². The zero-order chi connectivity index (χ0) is 18.2. The van der Waals surface area contributed by atoms with E-state index in [9.17, 15) is 4.79 Å². The fourth-order valence-electron chi connectivity index (χ4n) is 2.73. The second-order valence-electron chi connectivity index (χ2n) is 5.89. The van der Waals surface area contributed by atoms with E-state index < -0.39 is 0 Å². The first kappa shape index (κ1) is 18.0. The van der Waals surface area contributed by atoms with Gasteiger partial charge < -0.3 is 19.9 Å². The van der Waals surface area contributed by atoms with Gasteiger partial charge in [0.25, 0.3) is 5.91 Å². The topological polar surface area (TPSA) is 96.4 Å². The van der Waals surface area contributed by atoms with Crippen molar-refractivity contribution in [2.45, 2.75) is 6.42 Å². The highest BCUT2D eigenvalue weighted by Gasteiger charge is 2.24. The van der Waals surface area contributed by atoms with E-state index in [-0.39, 0.29) is 5.91 Å². The van der Waals surface area contributed by atoms with Crippen molar-refractivity contribution >= 4 is 17.7 Å². The molecule has 1 N–H and O–H groups in total. The number of aromatic nitrogens is 4. The molecule has 0 bridgehead atoms. The Morgan fingerprint density at radius 3 is 2.65 bits per heavy atom. The second-order valence-corrected chi connectivity index (χ2v) is 5.89. The van der Waals surface area contributed by atoms with E-state index in [1.54, 1.807) is 36.5 Å². The van der Waals surface area contributed by atoms with Gasteiger partial charge in [-0.15, -0.1) is 0 Å². The van der Waals surface area contributed by atoms with Crippen LogP contribution in [0.4, 0.5) is 11.8 Å². The van der Waals surface area contributed by atoms with Crippen molar-refractivity contribution in [3.63, 3.8) is 0 Å². The first-order valence-electron chi connectivity index (χ1n) is 8.64. The number of carbonyl (C=O) groups is 1. The Morgan fingerprint density at radius 2 is 1.92 bits per heavy atom. The predicted molar refractivity (Wildman–Crippen MR) is 97.2 cm³/mol. The van der Waals surface area contributed by atoms with Gasteiger partial charge in [-0.3, -0.25) is 4.79 Å².